The van der Waals surface area contributed by atoms with Gasteiger partial charge in [-0.1, -0.05) is 36.8 Å². The molecular weight excluding hydrogens is 422 g/mol. The van der Waals surface area contributed by atoms with E-state index in [1.165, 1.54) is 5.56 Å². The number of aromatic nitrogens is 2. The minimum Gasteiger partial charge on any atom is -0.354 e. The standard InChI is InChI=1S/C24H29N5O2S/c1-4-20-7-11-22(12-8-20)32(30,31)29-15-13-28(14-16-29)24-17-23(25-19(3)26-24)27-21-9-5-18(2)6-10-21/h5-12,17H,4,13-16H2,1-3H3,(H,25,26,27). The Balaban J connectivity index is 1.45. The number of sulfonamides is 1. The van der Waals surface area contributed by atoms with Crippen LogP contribution in [0, 0.1) is 13.8 Å². The quantitative estimate of drug-likeness (QED) is 0.612. The van der Waals surface area contributed by atoms with Crippen molar-refractivity contribution in [1.82, 2.24) is 14.3 Å². The molecular formula is C24H29N5O2S. The number of rotatable bonds is 6. The molecule has 1 aliphatic heterocycles. The SMILES string of the molecule is CCc1ccc(S(=O)(=O)N2CCN(c3cc(Nc4ccc(C)cc4)nc(C)n3)CC2)cc1. The highest BCUT2D eigenvalue weighted by Gasteiger charge is 2.29. The monoisotopic (exact) mass is 451 g/mol. The molecule has 1 aromatic heterocycles. The molecule has 0 amide bonds. The van der Waals surface area contributed by atoms with Gasteiger partial charge in [-0.2, -0.15) is 4.31 Å². The Bertz CT molecular complexity index is 1170. The van der Waals surface area contributed by atoms with Crippen molar-refractivity contribution < 1.29 is 8.42 Å². The van der Waals surface area contributed by atoms with Crippen LogP contribution in [0.3, 0.4) is 0 Å². The number of nitrogens with zero attached hydrogens (tertiary/aromatic N) is 4. The van der Waals surface area contributed by atoms with Crippen LogP contribution < -0.4 is 10.2 Å². The van der Waals surface area contributed by atoms with Gasteiger partial charge in [0.2, 0.25) is 10.0 Å². The highest BCUT2D eigenvalue weighted by molar-refractivity contribution is 7.89. The summed E-state index contributed by atoms with van der Waals surface area (Å²) in [7, 11) is -3.49. The largest absolute Gasteiger partial charge is 0.354 e. The second-order valence-corrected chi connectivity index (χ2v) is 9.98. The number of piperazine rings is 1. The lowest BCUT2D eigenvalue weighted by molar-refractivity contribution is 0.383. The summed E-state index contributed by atoms with van der Waals surface area (Å²) < 4.78 is 27.6. The molecule has 0 atom stereocenters. The summed E-state index contributed by atoms with van der Waals surface area (Å²) in [6.45, 7) is 7.96. The Morgan fingerprint density at radius 1 is 0.906 bits per heavy atom. The lowest BCUT2D eigenvalue weighted by Crippen LogP contribution is -2.49. The number of nitrogens with one attached hydrogen (secondary N) is 1. The highest BCUT2D eigenvalue weighted by atomic mass is 32.2. The van der Waals surface area contributed by atoms with E-state index in [2.05, 4.69) is 34.0 Å². The molecule has 1 aliphatic rings. The third-order valence-electron chi connectivity index (χ3n) is 5.68. The van der Waals surface area contributed by atoms with E-state index in [4.69, 9.17) is 0 Å². The Morgan fingerprint density at radius 3 is 2.19 bits per heavy atom. The van der Waals surface area contributed by atoms with Crippen LogP contribution in [-0.4, -0.2) is 48.9 Å². The second-order valence-electron chi connectivity index (χ2n) is 8.04. The molecule has 0 spiro atoms. The minimum atomic E-state index is -3.49. The summed E-state index contributed by atoms with van der Waals surface area (Å²) >= 11 is 0. The third kappa shape index (κ3) is 4.92. The van der Waals surface area contributed by atoms with Crippen LogP contribution in [-0.2, 0) is 16.4 Å². The molecule has 0 bridgehead atoms. The number of hydrogen-bond donors (Lipinski definition) is 1. The zero-order valence-electron chi connectivity index (χ0n) is 18.7. The van der Waals surface area contributed by atoms with E-state index in [0.29, 0.717) is 36.9 Å². The molecule has 1 saturated heterocycles. The van der Waals surface area contributed by atoms with Crippen LogP contribution in [0.25, 0.3) is 0 Å². The number of benzene rings is 2. The van der Waals surface area contributed by atoms with Crippen LogP contribution in [0.15, 0.2) is 59.5 Å². The molecule has 0 saturated carbocycles. The van der Waals surface area contributed by atoms with E-state index in [1.807, 2.05) is 49.4 Å². The molecule has 3 aromatic rings. The van der Waals surface area contributed by atoms with Gasteiger partial charge in [-0.05, 0) is 50.1 Å². The molecule has 0 radical (unpaired) electrons. The summed E-state index contributed by atoms with van der Waals surface area (Å²) in [5.41, 5.74) is 3.29. The predicted molar refractivity (Wildman–Crippen MR) is 128 cm³/mol. The molecule has 2 heterocycles. The summed E-state index contributed by atoms with van der Waals surface area (Å²) in [5, 5.41) is 3.33. The smallest absolute Gasteiger partial charge is 0.243 e. The first-order chi connectivity index (χ1) is 15.3. The van der Waals surface area contributed by atoms with Gasteiger partial charge in [0.1, 0.15) is 17.5 Å². The molecule has 7 nitrogen and oxygen atoms in total. The van der Waals surface area contributed by atoms with Gasteiger partial charge in [0.25, 0.3) is 0 Å². The summed E-state index contributed by atoms with van der Waals surface area (Å²) in [4.78, 5) is 11.5. The molecule has 2 aromatic carbocycles. The molecule has 1 N–H and O–H groups in total. The first kappa shape index (κ1) is 22.2. The Hall–Kier alpha value is -2.97. The molecule has 0 aliphatic carbocycles. The van der Waals surface area contributed by atoms with Crippen molar-refractivity contribution >= 4 is 27.3 Å². The van der Waals surface area contributed by atoms with E-state index < -0.39 is 10.0 Å². The summed E-state index contributed by atoms with van der Waals surface area (Å²) in [6, 6.07) is 17.2. The van der Waals surface area contributed by atoms with Crippen LogP contribution in [0.1, 0.15) is 23.9 Å². The summed E-state index contributed by atoms with van der Waals surface area (Å²) in [6.07, 6.45) is 0.887. The first-order valence-electron chi connectivity index (χ1n) is 10.9. The predicted octanol–water partition coefficient (Wildman–Crippen LogP) is 3.91. The molecule has 0 unspecified atom stereocenters. The Kier molecular flexibility index (Phi) is 6.43. The average molecular weight is 452 g/mol. The fraction of sp³-hybridized carbons (Fsp3) is 0.333. The van der Waals surface area contributed by atoms with Crippen LogP contribution in [0.5, 0.6) is 0 Å². The summed E-state index contributed by atoms with van der Waals surface area (Å²) in [5.74, 6) is 2.20. The van der Waals surface area contributed by atoms with Crippen LogP contribution in [0.2, 0.25) is 0 Å². The van der Waals surface area contributed by atoms with Gasteiger partial charge >= 0.3 is 0 Å². The lowest BCUT2D eigenvalue weighted by atomic mass is 10.2. The van der Waals surface area contributed by atoms with E-state index in [9.17, 15) is 8.42 Å². The first-order valence-corrected chi connectivity index (χ1v) is 12.3. The van der Waals surface area contributed by atoms with E-state index in [0.717, 1.165) is 29.3 Å². The van der Waals surface area contributed by atoms with Gasteiger partial charge in [-0.25, -0.2) is 18.4 Å². The van der Waals surface area contributed by atoms with Crippen molar-refractivity contribution in [3.8, 4) is 0 Å². The topological polar surface area (TPSA) is 78.4 Å². The maximum Gasteiger partial charge on any atom is 0.243 e. The minimum absolute atomic E-state index is 0.352. The maximum atomic E-state index is 13.0. The zero-order valence-corrected chi connectivity index (χ0v) is 19.6. The fourth-order valence-corrected chi connectivity index (χ4v) is 5.19. The second kappa shape index (κ2) is 9.26. The lowest BCUT2D eigenvalue weighted by Gasteiger charge is -2.34. The molecule has 4 rings (SSSR count). The highest BCUT2D eigenvalue weighted by Crippen LogP contribution is 2.23. The number of anilines is 3. The van der Waals surface area contributed by atoms with Crippen molar-refractivity contribution in [3.05, 3.63) is 71.5 Å². The van der Waals surface area contributed by atoms with Crippen LogP contribution >= 0.6 is 0 Å². The van der Waals surface area contributed by atoms with Gasteiger partial charge in [-0.15, -0.1) is 0 Å². The van der Waals surface area contributed by atoms with Gasteiger partial charge in [-0.3, -0.25) is 0 Å². The third-order valence-corrected chi connectivity index (χ3v) is 7.59. The average Bonchev–Trinajstić information content (AvgIpc) is 2.80. The molecule has 1 fully saturated rings. The van der Waals surface area contributed by atoms with Crippen molar-refractivity contribution in [2.75, 3.05) is 36.4 Å². The van der Waals surface area contributed by atoms with Crippen molar-refractivity contribution in [3.63, 3.8) is 0 Å². The molecule has 168 valence electrons. The maximum absolute atomic E-state index is 13.0. The fourth-order valence-electron chi connectivity index (χ4n) is 3.77. The van der Waals surface area contributed by atoms with Gasteiger partial charge in [0, 0.05) is 37.9 Å². The van der Waals surface area contributed by atoms with Gasteiger partial charge < -0.3 is 10.2 Å². The Morgan fingerprint density at radius 2 is 1.56 bits per heavy atom. The molecule has 32 heavy (non-hydrogen) atoms. The van der Waals surface area contributed by atoms with E-state index >= 15 is 0 Å². The number of aryl methyl sites for hydroxylation is 3. The zero-order chi connectivity index (χ0) is 22.7. The number of hydrogen-bond acceptors (Lipinski definition) is 6. The van der Waals surface area contributed by atoms with E-state index in [1.54, 1.807) is 16.4 Å². The van der Waals surface area contributed by atoms with E-state index in [-0.39, 0.29) is 0 Å². The Labute approximate surface area is 190 Å². The van der Waals surface area contributed by atoms with Crippen LogP contribution in [0.4, 0.5) is 17.3 Å². The van der Waals surface area contributed by atoms with Crippen molar-refractivity contribution in [2.24, 2.45) is 0 Å². The van der Waals surface area contributed by atoms with Crippen molar-refractivity contribution in [1.29, 1.82) is 0 Å². The van der Waals surface area contributed by atoms with Crippen molar-refractivity contribution in [2.45, 2.75) is 32.1 Å². The normalized spacial score (nSPS) is 15.0. The van der Waals surface area contributed by atoms with Gasteiger partial charge in [0.15, 0.2) is 0 Å². The molecule has 8 heteroatoms. The van der Waals surface area contributed by atoms with Gasteiger partial charge in [0.05, 0.1) is 4.90 Å².